The summed E-state index contributed by atoms with van der Waals surface area (Å²) in [5, 5.41) is 0.436. The Morgan fingerprint density at radius 2 is 2.19 bits per heavy atom. The van der Waals surface area contributed by atoms with Crippen molar-refractivity contribution >= 4 is 39.2 Å². The quantitative estimate of drug-likeness (QED) is 0.633. The molecule has 0 aromatic heterocycles. The van der Waals surface area contributed by atoms with Gasteiger partial charge in [-0.05, 0) is 18.6 Å². The second-order valence-electron chi connectivity index (χ2n) is 4.96. The van der Waals surface area contributed by atoms with Gasteiger partial charge in [-0.25, -0.2) is 8.42 Å². The fourth-order valence-electron chi connectivity index (χ4n) is 2.19. The summed E-state index contributed by atoms with van der Waals surface area (Å²) in [5.41, 5.74) is 6.57. The average Bonchev–Trinajstić information content (AvgIpc) is 2.49. The molecular weight excluding hydrogens is 324 g/mol. The molecule has 0 saturated carbocycles. The van der Waals surface area contributed by atoms with Crippen LogP contribution in [0.2, 0.25) is 0 Å². The minimum Gasteiger partial charge on any atom is -0.398 e. The molecule has 1 aliphatic heterocycles. The van der Waals surface area contributed by atoms with Gasteiger partial charge in [-0.3, -0.25) is 0 Å². The highest BCUT2D eigenvalue weighted by Gasteiger charge is 2.28. The maximum absolute atomic E-state index is 12.4. The van der Waals surface area contributed by atoms with Crippen molar-refractivity contribution in [2.45, 2.75) is 23.5 Å². The summed E-state index contributed by atoms with van der Waals surface area (Å²) >= 11 is 3.39. The fraction of sp³-hybridized carbons (Fsp3) is 0.571. The van der Waals surface area contributed by atoms with Gasteiger partial charge in [0.05, 0.1) is 5.75 Å². The first kappa shape index (κ1) is 17.0. The van der Waals surface area contributed by atoms with Crippen LogP contribution in [0.1, 0.15) is 13.3 Å². The van der Waals surface area contributed by atoms with Crippen LogP contribution in [0.15, 0.2) is 29.2 Å². The van der Waals surface area contributed by atoms with Crippen LogP contribution >= 0.6 is 23.5 Å². The molecule has 0 radical (unpaired) electrons. The van der Waals surface area contributed by atoms with E-state index in [4.69, 9.17) is 5.73 Å². The summed E-state index contributed by atoms with van der Waals surface area (Å²) in [6.07, 6.45) is 1.02. The van der Waals surface area contributed by atoms with E-state index in [9.17, 15) is 8.42 Å². The van der Waals surface area contributed by atoms with Gasteiger partial charge < -0.3 is 5.73 Å². The molecule has 1 saturated heterocycles. The first-order valence-corrected chi connectivity index (χ1v) is 10.7. The van der Waals surface area contributed by atoms with Gasteiger partial charge in [-0.2, -0.15) is 16.1 Å². The lowest BCUT2D eigenvalue weighted by molar-refractivity contribution is 0.417. The van der Waals surface area contributed by atoms with Gasteiger partial charge in [0.25, 0.3) is 0 Å². The van der Waals surface area contributed by atoms with E-state index in [0.717, 1.165) is 17.1 Å². The number of hydrogen-bond acceptors (Lipinski definition) is 5. The lowest BCUT2D eigenvalue weighted by Crippen LogP contribution is -2.43. The summed E-state index contributed by atoms with van der Waals surface area (Å²) in [6, 6.07) is 7.56. The molecule has 118 valence electrons. The van der Waals surface area contributed by atoms with Crippen molar-refractivity contribution < 1.29 is 8.42 Å². The standard InChI is InChI=1S/C14H22N2O2S3/c1-2-12-11-16(7-8-19-12)21(17,18)10-9-20-14-6-4-3-5-13(14)15/h3-6,12H,2,7-11,15H2,1H3. The van der Waals surface area contributed by atoms with Crippen molar-refractivity contribution in [3.63, 3.8) is 0 Å². The monoisotopic (exact) mass is 346 g/mol. The van der Waals surface area contributed by atoms with E-state index in [1.54, 1.807) is 4.31 Å². The Kier molecular flexibility index (Phi) is 6.28. The van der Waals surface area contributed by atoms with Crippen LogP contribution < -0.4 is 5.73 Å². The van der Waals surface area contributed by atoms with E-state index in [0.29, 0.717) is 29.8 Å². The molecule has 2 rings (SSSR count). The number of nitrogens with two attached hydrogens (primary N) is 1. The topological polar surface area (TPSA) is 63.4 Å². The molecule has 7 heteroatoms. The molecule has 0 aliphatic carbocycles. The van der Waals surface area contributed by atoms with Crippen LogP contribution in [0.25, 0.3) is 0 Å². The molecule has 1 heterocycles. The number of nitrogen functional groups attached to an aromatic ring is 1. The van der Waals surface area contributed by atoms with E-state index in [2.05, 4.69) is 6.92 Å². The number of benzene rings is 1. The third kappa shape index (κ3) is 4.81. The van der Waals surface area contributed by atoms with E-state index < -0.39 is 10.0 Å². The number of hydrogen-bond donors (Lipinski definition) is 1. The van der Waals surface area contributed by atoms with Crippen LogP contribution in [0.4, 0.5) is 5.69 Å². The van der Waals surface area contributed by atoms with Crippen LogP contribution in [0.5, 0.6) is 0 Å². The molecule has 1 aliphatic rings. The van der Waals surface area contributed by atoms with Crippen molar-refractivity contribution in [3.05, 3.63) is 24.3 Å². The lowest BCUT2D eigenvalue weighted by atomic mass is 10.3. The molecule has 21 heavy (non-hydrogen) atoms. The molecule has 1 atom stereocenters. The van der Waals surface area contributed by atoms with Gasteiger partial charge in [-0.1, -0.05) is 19.1 Å². The molecule has 1 aromatic rings. The Hall–Kier alpha value is -0.370. The van der Waals surface area contributed by atoms with Gasteiger partial charge in [-0.15, -0.1) is 11.8 Å². The van der Waals surface area contributed by atoms with Crippen LogP contribution in [0.3, 0.4) is 0 Å². The third-order valence-electron chi connectivity index (χ3n) is 3.47. The van der Waals surface area contributed by atoms with Gasteiger partial charge in [0.2, 0.25) is 10.0 Å². The number of rotatable bonds is 6. The van der Waals surface area contributed by atoms with E-state index in [-0.39, 0.29) is 5.75 Å². The Morgan fingerprint density at radius 1 is 1.43 bits per heavy atom. The summed E-state index contributed by atoms with van der Waals surface area (Å²) in [7, 11) is -3.15. The zero-order valence-corrected chi connectivity index (χ0v) is 14.6. The first-order chi connectivity index (χ1) is 10.0. The van der Waals surface area contributed by atoms with Gasteiger partial charge >= 0.3 is 0 Å². The summed E-state index contributed by atoms with van der Waals surface area (Å²) in [6.45, 7) is 3.41. The van der Waals surface area contributed by atoms with Gasteiger partial charge in [0.1, 0.15) is 0 Å². The molecule has 2 N–H and O–H groups in total. The first-order valence-electron chi connectivity index (χ1n) is 7.09. The molecular formula is C14H22N2O2S3. The number of anilines is 1. The summed E-state index contributed by atoms with van der Waals surface area (Å²) < 4.78 is 26.4. The molecule has 1 aromatic carbocycles. The van der Waals surface area contributed by atoms with Gasteiger partial charge in [0.15, 0.2) is 0 Å². The maximum atomic E-state index is 12.4. The van der Waals surface area contributed by atoms with Crippen LogP contribution in [-0.2, 0) is 10.0 Å². The zero-order valence-electron chi connectivity index (χ0n) is 12.2. The van der Waals surface area contributed by atoms with Gasteiger partial charge in [0, 0.05) is 40.4 Å². The zero-order chi connectivity index (χ0) is 15.3. The summed E-state index contributed by atoms with van der Waals surface area (Å²) in [5.74, 6) is 1.61. The molecule has 0 amide bonds. The van der Waals surface area contributed by atoms with E-state index >= 15 is 0 Å². The highest BCUT2D eigenvalue weighted by molar-refractivity contribution is 8.01. The Morgan fingerprint density at radius 3 is 2.90 bits per heavy atom. The van der Waals surface area contributed by atoms with Crippen molar-refractivity contribution in [1.29, 1.82) is 0 Å². The second kappa shape index (κ2) is 7.76. The fourth-order valence-corrected chi connectivity index (χ4v) is 6.42. The van der Waals surface area contributed by atoms with Crippen LogP contribution in [-0.4, -0.2) is 48.3 Å². The molecule has 1 fully saturated rings. The third-order valence-corrected chi connectivity index (χ3v) is 8.03. The minimum atomic E-state index is -3.15. The predicted molar refractivity (Wildman–Crippen MR) is 93.5 cm³/mol. The summed E-state index contributed by atoms with van der Waals surface area (Å²) in [4.78, 5) is 0.952. The highest BCUT2D eigenvalue weighted by Crippen LogP contribution is 2.26. The largest absolute Gasteiger partial charge is 0.398 e. The molecule has 0 bridgehead atoms. The van der Waals surface area contributed by atoms with Crippen molar-refractivity contribution in [1.82, 2.24) is 4.31 Å². The van der Waals surface area contributed by atoms with E-state index in [1.165, 1.54) is 11.8 Å². The van der Waals surface area contributed by atoms with E-state index in [1.807, 2.05) is 36.0 Å². The highest BCUT2D eigenvalue weighted by atomic mass is 32.2. The second-order valence-corrected chi connectivity index (χ2v) is 9.59. The van der Waals surface area contributed by atoms with Crippen LogP contribution in [0, 0.1) is 0 Å². The average molecular weight is 347 g/mol. The smallest absolute Gasteiger partial charge is 0.214 e. The normalized spacial score (nSPS) is 20.5. The van der Waals surface area contributed by atoms with Crippen molar-refractivity contribution in [2.75, 3.05) is 36.1 Å². The maximum Gasteiger partial charge on any atom is 0.214 e. The molecule has 1 unspecified atom stereocenters. The number of para-hydroxylation sites is 1. The number of sulfonamides is 1. The number of thioether (sulfide) groups is 2. The SMILES string of the molecule is CCC1CN(S(=O)(=O)CCSc2ccccc2N)CCS1. The lowest BCUT2D eigenvalue weighted by Gasteiger charge is -2.31. The molecule has 4 nitrogen and oxygen atoms in total. The Bertz CT molecular complexity index is 563. The van der Waals surface area contributed by atoms with Crippen molar-refractivity contribution in [3.8, 4) is 0 Å². The van der Waals surface area contributed by atoms with Crippen molar-refractivity contribution in [2.24, 2.45) is 0 Å². The minimum absolute atomic E-state index is 0.174. The number of nitrogens with zero attached hydrogens (tertiary/aromatic N) is 1. The Balaban J connectivity index is 1.88. The Labute approximate surface area is 135 Å². The predicted octanol–water partition coefficient (Wildman–Crippen LogP) is 2.52. The molecule has 0 spiro atoms.